The van der Waals surface area contributed by atoms with Crippen molar-refractivity contribution in [2.24, 2.45) is 11.0 Å². The zero-order valence-corrected chi connectivity index (χ0v) is 21.0. The molecule has 0 saturated carbocycles. The van der Waals surface area contributed by atoms with Gasteiger partial charge in [-0.15, -0.1) is 0 Å². The molecular formula is C27H28ClN3O5. The van der Waals surface area contributed by atoms with Crippen LogP contribution in [0.2, 0.25) is 5.02 Å². The number of hydrogen-bond donors (Lipinski definition) is 2. The first-order valence-electron chi connectivity index (χ1n) is 11.6. The van der Waals surface area contributed by atoms with Crippen molar-refractivity contribution < 1.29 is 23.5 Å². The Morgan fingerprint density at radius 3 is 2.58 bits per heavy atom. The summed E-state index contributed by atoms with van der Waals surface area (Å²) in [4.78, 5) is 37.6. The molecule has 2 amide bonds. The first-order chi connectivity index (χ1) is 17.3. The normalized spacial score (nSPS) is 11.9. The maximum Gasteiger partial charge on any atom is 0.338 e. The first-order valence-corrected chi connectivity index (χ1v) is 11.9. The number of amides is 2. The second-order valence-corrected chi connectivity index (χ2v) is 8.76. The molecule has 8 nitrogen and oxygen atoms in total. The number of carbonyl (C=O) groups excluding carboxylic acids is 3. The molecular weight excluding hydrogens is 482 g/mol. The van der Waals surface area contributed by atoms with Crippen LogP contribution in [0.15, 0.2) is 70.2 Å². The molecule has 2 aromatic carbocycles. The van der Waals surface area contributed by atoms with Crippen LogP contribution in [0.5, 0.6) is 0 Å². The summed E-state index contributed by atoms with van der Waals surface area (Å²) in [6.07, 6.45) is 2.07. The molecule has 0 radical (unpaired) electrons. The summed E-state index contributed by atoms with van der Waals surface area (Å²) in [6.45, 7) is 5.88. The zero-order chi connectivity index (χ0) is 26.1. The smallest absolute Gasteiger partial charge is 0.338 e. The van der Waals surface area contributed by atoms with Crippen LogP contribution in [0.1, 0.15) is 53.7 Å². The van der Waals surface area contributed by atoms with E-state index in [0.29, 0.717) is 39.8 Å². The van der Waals surface area contributed by atoms with Crippen molar-refractivity contribution in [2.75, 3.05) is 6.61 Å². The van der Waals surface area contributed by atoms with Crippen LogP contribution in [-0.2, 0) is 9.53 Å². The molecule has 1 atom stereocenters. The Labute approximate surface area is 214 Å². The van der Waals surface area contributed by atoms with E-state index in [9.17, 15) is 14.4 Å². The van der Waals surface area contributed by atoms with Crippen molar-refractivity contribution in [3.8, 4) is 11.3 Å². The number of benzene rings is 2. The second kappa shape index (κ2) is 12.7. The lowest BCUT2D eigenvalue weighted by Gasteiger charge is -2.20. The Kier molecular flexibility index (Phi) is 9.41. The average Bonchev–Trinajstić information content (AvgIpc) is 3.34. The van der Waals surface area contributed by atoms with E-state index in [1.54, 1.807) is 54.6 Å². The third kappa shape index (κ3) is 7.05. The van der Waals surface area contributed by atoms with Gasteiger partial charge in [0.25, 0.3) is 11.8 Å². The Morgan fingerprint density at radius 1 is 1.08 bits per heavy atom. The number of carbonyl (C=O) groups is 3. The van der Waals surface area contributed by atoms with Crippen LogP contribution in [0.3, 0.4) is 0 Å². The Bertz CT molecular complexity index is 1250. The average molecular weight is 510 g/mol. The lowest BCUT2D eigenvalue weighted by atomic mass is 10.0. The van der Waals surface area contributed by atoms with Crippen LogP contribution in [0.25, 0.3) is 11.3 Å². The quantitative estimate of drug-likeness (QED) is 0.225. The van der Waals surface area contributed by atoms with Gasteiger partial charge in [0.05, 0.1) is 18.4 Å². The minimum absolute atomic E-state index is 0.192. The fourth-order valence-electron chi connectivity index (χ4n) is 3.33. The van der Waals surface area contributed by atoms with Crippen LogP contribution in [0.4, 0.5) is 0 Å². The topological polar surface area (TPSA) is 110 Å². The number of ether oxygens (including phenoxy) is 1. The third-order valence-electron chi connectivity index (χ3n) is 5.17. The van der Waals surface area contributed by atoms with Gasteiger partial charge in [-0.05, 0) is 48.7 Å². The second-order valence-electron chi connectivity index (χ2n) is 8.32. The molecule has 0 aliphatic carbocycles. The maximum atomic E-state index is 12.7. The molecule has 1 aromatic heterocycles. The Morgan fingerprint density at radius 2 is 1.86 bits per heavy atom. The van der Waals surface area contributed by atoms with Gasteiger partial charge in [-0.1, -0.05) is 56.6 Å². The molecule has 1 unspecified atom stereocenters. The zero-order valence-electron chi connectivity index (χ0n) is 20.3. The number of hydrogen-bond acceptors (Lipinski definition) is 6. The molecule has 1 heterocycles. The number of hydrazone groups is 1. The van der Waals surface area contributed by atoms with Crippen molar-refractivity contribution in [1.29, 1.82) is 0 Å². The van der Waals surface area contributed by atoms with Gasteiger partial charge in [-0.2, -0.15) is 5.10 Å². The Hall–Kier alpha value is -3.91. The highest BCUT2D eigenvalue weighted by atomic mass is 35.5. The van der Waals surface area contributed by atoms with Gasteiger partial charge in [0.1, 0.15) is 17.6 Å². The summed E-state index contributed by atoms with van der Waals surface area (Å²) in [5.74, 6) is -0.685. The van der Waals surface area contributed by atoms with Gasteiger partial charge >= 0.3 is 5.97 Å². The predicted octanol–water partition coefficient (Wildman–Crippen LogP) is 5.07. The maximum absolute atomic E-state index is 12.7. The van der Waals surface area contributed by atoms with E-state index >= 15 is 0 Å². The lowest BCUT2D eigenvalue weighted by molar-refractivity contribution is -0.123. The molecule has 0 aliphatic heterocycles. The molecule has 3 aromatic rings. The fourth-order valence-corrected chi connectivity index (χ4v) is 3.52. The number of nitrogens with one attached hydrogen (secondary N) is 2. The van der Waals surface area contributed by atoms with Crippen LogP contribution >= 0.6 is 11.6 Å². The van der Waals surface area contributed by atoms with Gasteiger partial charge in [-0.3, -0.25) is 9.59 Å². The molecule has 2 N–H and O–H groups in total. The van der Waals surface area contributed by atoms with Crippen LogP contribution < -0.4 is 10.7 Å². The first kappa shape index (κ1) is 26.7. The van der Waals surface area contributed by atoms with Gasteiger partial charge in [0.15, 0.2) is 0 Å². The van der Waals surface area contributed by atoms with E-state index in [0.717, 1.165) is 6.42 Å². The molecule has 0 aliphatic rings. The van der Waals surface area contributed by atoms with Gasteiger partial charge < -0.3 is 14.5 Å². The number of furan rings is 1. The van der Waals surface area contributed by atoms with E-state index in [2.05, 4.69) is 15.8 Å². The Balaban J connectivity index is 1.66. The summed E-state index contributed by atoms with van der Waals surface area (Å²) < 4.78 is 11.0. The fraction of sp³-hybridized carbons (Fsp3) is 0.259. The molecule has 0 fully saturated rings. The third-order valence-corrected chi connectivity index (χ3v) is 5.40. The number of esters is 1. The largest absolute Gasteiger partial charge is 0.462 e. The summed E-state index contributed by atoms with van der Waals surface area (Å²) in [7, 11) is 0. The highest BCUT2D eigenvalue weighted by molar-refractivity contribution is 6.31. The summed E-state index contributed by atoms with van der Waals surface area (Å²) in [5, 5.41) is 7.10. The molecule has 0 bridgehead atoms. The molecule has 3 rings (SSSR count). The molecule has 36 heavy (non-hydrogen) atoms. The number of nitrogens with zero attached hydrogens (tertiary/aromatic N) is 1. The van der Waals surface area contributed by atoms with E-state index in [-0.39, 0.29) is 5.92 Å². The summed E-state index contributed by atoms with van der Waals surface area (Å²) in [5.41, 5.74) is 3.78. The van der Waals surface area contributed by atoms with E-state index in [1.807, 2.05) is 20.8 Å². The number of rotatable bonds is 10. The molecule has 0 saturated heterocycles. The number of halogens is 1. The van der Waals surface area contributed by atoms with Crippen molar-refractivity contribution in [3.05, 3.63) is 82.6 Å². The summed E-state index contributed by atoms with van der Waals surface area (Å²) >= 11 is 5.95. The molecule has 9 heteroatoms. The minimum Gasteiger partial charge on any atom is -0.462 e. The van der Waals surface area contributed by atoms with Crippen LogP contribution in [-0.4, -0.2) is 36.6 Å². The highest BCUT2D eigenvalue weighted by Gasteiger charge is 2.24. The summed E-state index contributed by atoms with van der Waals surface area (Å²) in [6, 6.07) is 16.0. The SMILES string of the molecule is CCCOC(=O)c1ccccc1-c1ccc(/C=N\NC(=O)C(NC(=O)c2cccc(Cl)c2)C(C)C)o1. The van der Waals surface area contributed by atoms with Gasteiger partial charge in [0.2, 0.25) is 0 Å². The standard InChI is InChI=1S/C27H28ClN3O5/c1-4-14-35-27(34)22-11-6-5-10-21(22)23-13-12-20(36-23)16-29-31-26(33)24(17(2)3)30-25(32)18-8-7-9-19(28)15-18/h5-13,15-17,24H,4,14H2,1-3H3,(H,30,32)(H,31,33)/b29-16-. The van der Waals surface area contributed by atoms with Crippen molar-refractivity contribution >= 4 is 35.6 Å². The van der Waals surface area contributed by atoms with E-state index in [1.165, 1.54) is 12.3 Å². The molecule has 188 valence electrons. The van der Waals surface area contributed by atoms with Crippen molar-refractivity contribution in [3.63, 3.8) is 0 Å². The molecule has 0 spiro atoms. The highest BCUT2D eigenvalue weighted by Crippen LogP contribution is 2.26. The lowest BCUT2D eigenvalue weighted by Crippen LogP contribution is -2.48. The predicted molar refractivity (Wildman–Crippen MR) is 138 cm³/mol. The van der Waals surface area contributed by atoms with E-state index in [4.69, 9.17) is 20.8 Å². The van der Waals surface area contributed by atoms with Gasteiger partial charge in [0, 0.05) is 16.1 Å². The monoisotopic (exact) mass is 509 g/mol. The van der Waals surface area contributed by atoms with E-state index < -0.39 is 23.8 Å². The van der Waals surface area contributed by atoms with Crippen LogP contribution in [0, 0.1) is 5.92 Å². The van der Waals surface area contributed by atoms with Gasteiger partial charge in [-0.25, -0.2) is 10.2 Å². The van der Waals surface area contributed by atoms with Crippen molar-refractivity contribution in [1.82, 2.24) is 10.7 Å². The minimum atomic E-state index is -0.818. The van der Waals surface area contributed by atoms with Crippen molar-refractivity contribution in [2.45, 2.75) is 33.2 Å².